The Bertz CT molecular complexity index is 1040. The molecule has 3 aromatic carbocycles. The van der Waals surface area contributed by atoms with Crippen molar-refractivity contribution in [3.05, 3.63) is 54.6 Å². The third kappa shape index (κ3) is 5.21. The predicted octanol–water partition coefficient (Wildman–Crippen LogP) is 1.29. The SMILES string of the molecule is COc1ccc(B2OB(c3ccc(OC)c(OC)c3)OB(c3ccc(OC)c(OC)c3)O2)cc1OC. The van der Waals surface area contributed by atoms with Crippen LogP contribution in [0.1, 0.15) is 0 Å². The van der Waals surface area contributed by atoms with Crippen molar-refractivity contribution in [1.82, 2.24) is 0 Å². The Morgan fingerprint density at radius 2 is 0.639 bits per heavy atom. The zero-order chi connectivity index (χ0) is 25.7. The largest absolute Gasteiger partial charge is 0.493 e. The van der Waals surface area contributed by atoms with Gasteiger partial charge in [0.1, 0.15) is 0 Å². The van der Waals surface area contributed by atoms with Gasteiger partial charge in [-0.3, -0.25) is 0 Å². The van der Waals surface area contributed by atoms with Crippen LogP contribution in [0.4, 0.5) is 0 Å². The Balaban J connectivity index is 1.74. The van der Waals surface area contributed by atoms with Gasteiger partial charge in [0.2, 0.25) is 0 Å². The second-order valence-corrected chi connectivity index (χ2v) is 7.75. The van der Waals surface area contributed by atoms with Crippen molar-refractivity contribution >= 4 is 37.7 Å². The summed E-state index contributed by atoms with van der Waals surface area (Å²) >= 11 is 0. The monoisotopic (exact) mass is 492 g/mol. The molecule has 0 N–H and O–H groups in total. The molecule has 12 heteroatoms. The summed E-state index contributed by atoms with van der Waals surface area (Å²) in [5.74, 6) is 3.46. The average molecular weight is 492 g/mol. The van der Waals surface area contributed by atoms with Crippen LogP contribution in [0.25, 0.3) is 0 Å². The van der Waals surface area contributed by atoms with Crippen LogP contribution >= 0.6 is 0 Å². The molecule has 0 amide bonds. The number of benzene rings is 3. The van der Waals surface area contributed by atoms with E-state index in [1.165, 1.54) is 0 Å². The van der Waals surface area contributed by atoms with Gasteiger partial charge in [-0.25, -0.2) is 0 Å². The molecular weight excluding hydrogens is 465 g/mol. The van der Waals surface area contributed by atoms with E-state index in [1.807, 2.05) is 36.4 Å². The van der Waals surface area contributed by atoms with Crippen LogP contribution in [-0.4, -0.2) is 64.0 Å². The smallest absolute Gasteiger partial charge is 0.467 e. The molecule has 3 aromatic rings. The summed E-state index contributed by atoms with van der Waals surface area (Å²) in [6.45, 7) is 0. The highest BCUT2D eigenvalue weighted by Gasteiger charge is 2.44. The Kier molecular flexibility index (Phi) is 8.19. The first-order chi connectivity index (χ1) is 17.5. The van der Waals surface area contributed by atoms with Gasteiger partial charge in [0.15, 0.2) is 34.5 Å². The van der Waals surface area contributed by atoms with Crippen molar-refractivity contribution in [2.45, 2.75) is 0 Å². The molecule has 0 aromatic heterocycles. The maximum Gasteiger partial charge on any atom is 0.467 e. The normalized spacial score (nSPS) is 13.3. The Morgan fingerprint density at radius 3 is 0.861 bits per heavy atom. The summed E-state index contributed by atoms with van der Waals surface area (Å²) in [5.41, 5.74) is 2.19. The zero-order valence-corrected chi connectivity index (χ0v) is 21.1. The number of methoxy groups -OCH3 is 6. The van der Waals surface area contributed by atoms with Crippen LogP contribution in [0.15, 0.2) is 54.6 Å². The second kappa shape index (κ2) is 11.5. The second-order valence-electron chi connectivity index (χ2n) is 7.75. The first-order valence-electron chi connectivity index (χ1n) is 11.2. The van der Waals surface area contributed by atoms with E-state index >= 15 is 0 Å². The number of ether oxygens (including phenoxy) is 6. The van der Waals surface area contributed by atoms with E-state index in [1.54, 1.807) is 60.9 Å². The number of hydrogen-bond acceptors (Lipinski definition) is 9. The molecule has 0 aliphatic carbocycles. The summed E-state index contributed by atoms with van der Waals surface area (Å²) in [5, 5.41) is 0. The highest BCUT2D eigenvalue weighted by Crippen LogP contribution is 2.28. The lowest BCUT2D eigenvalue weighted by Gasteiger charge is -2.32. The minimum atomic E-state index is -0.783. The number of rotatable bonds is 9. The summed E-state index contributed by atoms with van der Waals surface area (Å²) in [4.78, 5) is 0. The van der Waals surface area contributed by atoms with Gasteiger partial charge in [0.25, 0.3) is 0 Å². The highest BCUT2D eigenvalue weighted by atomic mass is 16.7. The Labute approximate surface area is 211 Å². The molecule has 186 valence electrons. The molecule has 0 spiro atoms. The molecule has 0 saturated carbocycles. The lowest BCUT2D eigenvalue weighted by molar-refractivity contribution is 0.307. The van der Waals surface area contributed by atoms with Crippen LogP contribution in [-0.2, 0) is 13.7 Å². The summed E-state index contributed by atoms with van der Waals surface area (Å²) in [7, 11) is 7.13. The van der Waals surface area contributed by atoms with Gasteiger partial charge in [-0.1, -0.05) is 18.2 Å². The van der Waals surface area contributed by atoms with Crippen LogP contribution in [0.5, 0.6) is 34.5 Å². The fourth-order valence-corrected chi connectivity index (χ4v) is 3.90. The van der Waals surface area contributed by atoms with Crippen molar-refractivity contribution in [3.63, 3.8) is 0 Å². The molecule has 1 fully saturated rings. The predicted molar refractivity (Wildman–Crippen MR) is 138 cm³/mol. The van der Waals surface area contributed by atoms with E-state index in [2.05, 4.69) is 0 Å². The summed E-state index contributed by atoms with van der Waals surface area (Å²) in [6, 6.07) is 16.4. The average Bonchev–Trinajstić information content (AvgIpc) is 2.95. The van der Waals surface area contributed by atoms with E-state index in [0.29, 0.717) is 34.5 Å². The standard InChI is InChI=1S/C24H27B3O9/c1-28-19-10-7-16(13-22(19)31-4)25-34-26(17-8-11-20(29-2)23(14-17)32-5)36-27(35-25)18-9-12-21(30-3)24(15-18)33-6/h7-15H,1-6H3. The van der Waals surface area contributed by atoms with Gasteiger partial charge in [-0.05, 0) is 52.8 Å². The van der Waals surface area contributed by atoms with Crippen LogP contribution < -0.4 is 44.8 Å². The molecule has 0 bridgehead atoms. The molecule has 0 radical (unpaired) electrons. The van der Waals surface area contributed by atoms with E-state index in [-0.39, 0.29) is 0 Å². The highest BCUT2D eigenvalue weighted by molar-refractivity contribution is 6.87. The third-order valence-electron chi connectivity index (χ3n) is 5.78. The van der Waals surface area contributed by atoms with Gasteiger partial charge in [-0.2, -0.15) is 0 Å². The molecule has 4 rings (SSSR count). The van der Waals surface area contributed by atoms with Crippen molar-refractivity contribution in [2.24, 2.45) is 0 Å². The molecule has 1 aliphatic heterocycles. The lowest BCUT2D eigenvalue weighted by Crippen LogP contribution is -2.61. The van der Waals surface area contributed by atoms with Crippen LogP contribution in [0.3, 0.4) is 0 Å². The first kappa shape index (κ1) is 25.6. The topological polar surface area (TPSA) is 83.1 Å². The van der Waals surface area contributed by atoms with E-state index in [9.17, 15) is 0 Å². The van der Waals surface area contributed by atoms with Gasteiger partial charge in [0.05, 0.1) is 42.7 Å². The molecule has 1 aliphatic rings. The van der Waals surface area contributed by atoms with E-state index in [0.717, 1.165) is 16.4 Å². The molecule has 1 saturated heterocycles. The van der Waals surface area contributed by atoms with Crippen molar-refractivity contribution < 1.29 is 42.1 Å². The van der Waals surface area contributed by atoms with Crippen LogP contribution in [0, 0.1) is 0 Å². The summed E-state index contributed by atoms with van der Waals surface area (Å²) < 4.78 is 51.3. The first-order valence-corrected chi connectivity index (χ1v) is 11.2. The quantitative estimate of drug-likeness (QED) is 0.411. The molecule has 1 heterocycles. The minimum absolute atomic E-state index is 0.555. The third-order valence-corrected chi connectivity index (χ3v) is 5.78. The number of hydrogen-bond donors (Lipinski definition) is 0. The Morgan fingerprint density at radius 1 is 0.389 bits per heavy atom. The van der Waals surface area contributed by atoms with Gasteiger partial charge >= 0.3 is 21.4 Å². The van der Waals surface area contributed by atoms with Gasteiger partial charge in [0, 0.05) is 0 Å². The van der Waals surface area contributed by atoms with E-state index < -0.39 is 21.4 Å². The molecule has 0 atom stereocenters. The zero-order valence-electron chi connectivity index (χ0n) is 21.1. The minimum Gasteiger partial charge on any atom is -0.493 e. The van der Waals surface area contributed by atoms with Gasteiger partial charge < -0.3 is 42.1 Å². The van der Waals surface area contributed by atoms with Crippen molar-refractivity contribution in [2.75, 3.05) is 42.7 Å². The molecular formula is C24H27B3O9. The molecule has 9 nitrogen and oxygen atoms in total. The lowest BCUT2D eigenvalue weighted by atomic mass is 9.61. The molecule has 36 heavy (non-hydrogen) atoms. The summed E-state index contributed by atoms with van der Waals surface area (Å²) in [6.07, 6.45) is 0. The van der Waals surface area contributed by atoms with Crippen LogP contribution in [0.2, 0.25) is 0 Å². The maximum atomic E-state index is 6.26. The maximum absolute atomic E-state index is 6.26. The Hall–Kier alpha value is -3.47. The fourth-order valence-electron chi connectivity index (χ4n) is 3.90. The van der Waals surface area contributed by atoms with E-state index in [4.69, 9.17) is 42.1 Å². The van der Waals surface area contributed by atoms with Crippen molar-refractivity contribution in [1.29, 1.82) is 0 Å². The molecule has 0 unspecified atom stereocenters. The van der Waals surface area contributed by atoms with Gasteiger partial charge in [-0.15, -0.1) is 0 Å². The van der Waals surface area contributed by atoms with Crippen molar-refractivity contribution in [3.8, 4) is 34.5 Å². The fraction of sp³-hybridized carbons (Fsp3) is 0.250.